The first-order valence-electron chi connectivity index (χ1n) is 9.64. The molecular weight excluding hydrogens is 316 g/mol. The molecule has 4 aliphatic carbocycles. The molecule has 4 rings (SSSR count). The maximum Gasteiger partial charge on any atom is 0.130 e. The standard InChI is InChI=1S/C21H30O4/c1-4-21(25)10-6-13-17-12(5-9-20(13,21)3)19(2)8-7-15(22)18(24)14(19)11-16(17)23/h1,11-13,15-18,22-25H,5-10H2,2-3H3/t12-,13-,15-,16-,17+,18+,19+,20-,21-/m0/s1. The van der Waals surface area contributed by atoms with Gasteiger partial charge in [-0.25, -0.2) is 0 Å². The van der Waals surface area contributed by atoms with Crippen LogP contribution >= 0.6 is 0 Å². The summed E-state index contributed by atoms with van der Waals surface area (Å²) in [5, 5.41) is 42.5. The van der Waals surface area contributed by atoms with E-state index < -0.39 is 23.9 Å². The molecule has 0 bridgehead atoms. The summed E-state index contributed by atoms with van der Waals surface area (Å²) in [7, 11) is 0. The van der Waals surface area contributed by atoms with E-state index in [0.29, 0.717) is 12.8 Å². The van der Waals surface area contributed by atoms with Crippen molar-refractivity contribution in [3.63, 3.8) is 0 Å². The number of rotatable bonds is 0. The Morgan fingerprint density at radius 2 is 1.72 bits per heavy atom. The fourth-order valence-electron chi connectivity index (χ4n) is 6.95. The van der Waals surface area contributed by atoms with Gasteiger partial charge in [0.1, 0.15) is 11.7 Å². The highest BCUT2D eigenvalue weighted by Gasteiger charge is 2.65. The maximum atomic E-state index is 11.0. The van der Waals surface area contributed by atoms with Gasteiger partial charge >= 0.3 is 0 Å². The molecule has 0 aliphatic heterocycles. The van der Waals surface area contributed by atoms with Crippen LogP contribution in [0.4, 0.5) is 0 Å². The molecule has 0 spiro atoms. The van der Waals surface area contributed by atoms with E-state index in [9.17, 15) is 20.4 Å². The quantitative estimate of drug-likeness (QED) is 0.397. The van der Waals surface area contributed by atoms with Crippen LogP contribution in [-0.2, 0) is 0 Å². The SMILES string of the molecule is C#C[C@]1(O)CC[C@H]2[C@@H]3[C@@H](O)C=C4[C@@H](O)[C@@H](O)CC[C@]4(C)[C@H]3CC[C@@]21C. The second-order valence-electron chi connectivity index (χ2n) is 9.37. The molecule has 4 aliphatic rings. The van der Waals surface area contributed by atoms with Crippen molar-refractivity contribution in [1.29, 1.82) is 0 Å². The Morgan fingerprint density at radius 3 is 2.40 bits per heavy atom. The fourth-order valence-corrected chi connectivity index (χ4v) is 6.95. The Hall–Kier alpha value is -0.860. The van der Waals surface area contributed by atoms with Crippen LogP contribution in [0.3, 0.4) is 0 Å². The molecule has 0 aromatic heterocycles. The van der Waals surface area contributed by atoms with Crippen LogP contribution in [0.5, 0.6) is 0 Å². The highest BCUT2D eigenvalue weighted by atomic mass is 16.3. The lowest BCUT2D eigenvalue weighted by atomic mass is 9.46. The van der Waals surface area contributed by atoms with Crippen molar-refractivity contribution in [2.75, 3.05) is 0 Å². The smallest absolute Gasteiger partial charge is 0.130 e. The topological polar surface area (TPSA) is 80.9 Å². The van der Waals surface area contributed by atoms with E-state index in [1.165, 1.54) is 0 Å². The molecule has 0 heterocycles. The second-order valence-corrected chi connectivity index (χ2v) is 9.37. The van der Waals surface area contributed by atoms with Crippen LogP contribution in [0.15, 0.2) is 11.6 Å². The molecule has 0 saturated heterocycles. The number of aliphatic hydroxyl groups excluding tert-OH is 3. The average molecular weight is 346 g/mol. The van der Waals surface area contributed by atoms with Crippen LogP contribution in [0, 0.1) is 40.9 Å². The number of hydrogen-bond donors (Lipinski definition) is 4. The molecule has 3 saturated carbocycles. The van der Waals surface area contributed by atoms with E-state index in [0.717, 1.165) is 31.3 Å². The van der Waals surface area contributed by atoms with Crippen molar-refractivity contribution < 1.29 is 20.4 Å². The Kier molecular flexibility index (Phi) is 3.74. The van der Waals surface area contributed by atoms with Crippen molar-refractivity contribution in [1.82, 2.24) is 0 Å². The molecule has 138 valence electrons. The summed E-state index contributed by atoms with van der Waals surface area (Å²) in [5.74, 6) is 3.14. The van der Waals surface area contributed by atoms with Crippen molar-refractivity contribution in [2.24, 2.45) is 28.6 Å². The van der Waals surface area contributed by atoms with Crippen LogP contribution in [-0.4, -0.2) is 44.3 Å². The molecule has 25 heavy (non-hydrogen) atoms. The van der Waals surface area contributed by atoms with Gasteiger partial charge in [-0.1, -0.05) is 25.8 Å². The van der Waals surface area contributed by atoms with Crippen LogP contribution < -0.4 is 0 Å². The number of terminal acetylenes is 1. The summed E-state index contributed by atoms with van der Waals surface area (Å²) >= 11 is 0. The van der Waals surface area contributed by atoms with E-state index in [-0.39, 0.29) is 28.6 Å². The highest BCUT2D eigenvalue weighted by Crippen LogP contribution is 2.66. The third kappa shape index (κ3) is 2.04. The maximum absolute atomic E-state index is 11.0. The van der Waals surface area contributed by atoms with Gasteiger partial charge in [0.05, 0.1) is 12.2 Å². The minimum absolute atomic E-state index is 0.0531. The summed E-state index contributed by atoms with van der Waals surface area (Å²) in [6, 6.07) is 0. The van der Waals surface area contributed by atoms with Crippen LogP contribution in [0.2, 0.25) is 0 Å². The third-order valence-electron chi connectivity index (χ3n) is 8.59. The van der Waals surface area contributed by atoms with Gasteiger partial charge in [0.15, 0.2) is 0 Å². The summed E-state index contributed by atoms with van der Waals surface area (Å²) < 4.78 is 0. The molecule has 0 aromatic carbocycles. The molecule has 4 N–H and O–H groups in total. The van der Waals surface area contributed by atoms with Crippen LogP contribution in [0.1, 0.15) is 52.4 Å². The van der Waals surface area contributed by atoms with E-state index in [1.54, 1.807) is 6.08 Å². The number of aliphatic hydroxyl groups is 4. The predicted molar refractivity (Wildman–Crippen MR) is 94.3 cm³/mol. The highest BCUT2D eigenvalue weighted by molar-refractivity contribution is 5.33. The van der Waals surface area contributed by atoms with E-state index in [2.05, 4.69) is 19.8 Å². The Morgan fingerprint density at radius 1 is 1.04 bits per heavy atom. The largest absolute Gasteiger partial charge is 0.390 e. The second kappa shape index (κ2) is 5.33. The summed E-state index contributed by atoms with van der Waals surface area (Å²) in [6.45, 7) is 4.27. The van der Waals surface area contributed by atoms with Crippen LogP contribution in [0.25, 0.3) is 0 Å². The molecule has 9 atom stereocenters. The van der Waals surface area contributed by atoms with Crippen molar-refractivity contribution in [2.45, 2.75) is 76.3 Å². The van der Waals surface area contributed by atoms with E-state index in [4.69, 9.17) is 6.42 Å². The monoisotopic (exact) mass is 346 g/mol. The van der Waals surface area contributed by atoms with Gasteiger partial charge in [0.25, 0.3) is 0 Å². The van der Waals surface area contributed by atoms with Gasteiger partial charge in [0, 0.05) is 5.41 Å². The van der Waals surface area contributed by atoms with E-state index in [1.807, 2.05) is 0 Å². The first kappa shape index (κ1) is 17.5. The van der Waals surface area contributed by atoms with Crippen molar-refractivity contribution in [3.8, 4) is 12.3 Å². The normalized spacial score (nSPS) is 57.7. The lowest BCUT2D eigenvalue weighted by Gasteiger charge is -2.60. The number of hydrogen-bond acceptors (Lipinski definition) is 4. The number of fused-ring (bicyclic) bond motifs is 5. The third-order valence-corrected chi connectivity index (χ3v) is 8.59. The molecule has 4 heteroatoms. The molecule has 0 radical (unpaired) electrons. The Balaban J connectivity index is 1.77. The average Bonchev–Trinajstić information content (AvgIpc) is 2.86. The minimum Gasteiger partial charge on any atom is -0.390 e. The van der Waals surface area contributed by atoms with Gasteiger partial charge in [0.2, 0.25) is 0 Å². The summed E-state index contributed by atoms with van der Waals surface area (Å²) in [6.07, 6.45) is 9.78. The van der Waals surface area contributed by atoms with Crippen molar-refractivity contribution >= 4 is 0 Å². The Bertz CT molecular complexity index is 651. The minimum atomic E-state index is -1.09. The van der Waals surface area contributed by atoms with Gasteiger partial charge in [-0.2, -0.15) is 0 Å². The zero-order valence-corrected chi connectivity index (χ0v) is 15.2. The van der Waals surface area contributed by atoms with Crippen molar-refractivity contribution in [3.05, 3.63) is 11.6 Å². The predicted octanol–water partition coefficient (Wildman–Crippen LogP) is 1.62. The zero-order valence-electron chi connectivity index (χ0n) is 15.2. The van der Waals surface area contributed by atoms with Gasteiger partial charge < -0.3 is 20.4 Å². The molecule has 0 aromatic rings. The summed E-state index contributed by atoms with van der Waals surface area (Å²) in [4.78, 5) is 0. The molecule has 0 amide bonds. The van der Waals surface area contributed by atoms with Gasteiger partial charge in [-0.05, 0) is 67.3 Å². The van der Waals surface area contributed by atoms with Gasteiger partial charge in [-0.3, -0.25) is 0 Å². The lowest BCUT2D eigenvalue weighted by Crippen LogP contribution is -2.59. The Labute approximate surface area is 150 Å². The lowest BCUT2D eigenvalue weighted by molar-refractivity contribution is -0.131. The van der Waals surface area contributed by atoms with E-state index >= 15 is 0 Å². The molecular formula is C21H30O4. The molecule has 3 fully saturated rings. The van der Waals surface area contributed by atoms with Gasteiger partial charge in [-0.15, -0.1) is 6.42 Å². The first-order chi connectivity index (χ1) is 11.7. The zero-order chi connectivity index (χ0) is 18.2. The molecule has 0 unspecified atom stereocenters. The molecule has 4 nitrogen and oxygen atoms in total. The fraction of sp³-hybridized carbons (Fsp3) is 0.810. The first-order valence-corrected chi connectivity index (χ1v) is 9.64. The summed E-state index contributed by atoms with van der Waals surface area (Å²) in [5.41, 5.74) is -0.830.